The summed E-state index contributed by atoms with van der Waals surface area (Å²) in [5.41, 5.74) is 3.28. The third-order valence-electron chi connectivity index (χ3n) is 4.08. The van der Waals surface area contributed by atoms with Crippen LogP contribution >= 0.6 is 0 Å². The first-order chi connectivity index (χ1) is 10.3. The molecule has 0 bridgehead atoms. The molecule has 2 aliphatic rings. The fourth-order valence-electron chi connectivity index (χ4n) is 3.07. The number of hydrogen-bond acceptors (Lipinski definition) is 3. The van der Waals surface area contributed by atoms with Crippen LogP contribution < -0.4 is 5.32 Å². The van der Waals surface area contributed by atoms with E-state index < -0.39 is 0 Å². The van der Waals surface area contributed by atoms with E-state index in [1.54, 1.807) is 6.08 Å². The number of ether oxygens (including phenoxy) is 1. The van der Waals surface area contributed by atoms with Crippen molar-refractivity contribution in [2.45, 2.75) is 18.6 Å². The molecule has 2 atom stereocenters. The van der Waals surface area contributed by atoms with Crippen molar-refractivity contribution in [3.05, 3.63) is 83.2 Å². The molecular formula is C18H15NO2. The van der Waals surface area contributed by atoms with Crippen molar-refractivity contribution < 1.29 is 9.53 Å². The Morgan fingerprint density at radius 3 is 2.71 bits per heavy atom. The van der Waals surface area contributed by atoms with E-state index in [-0.39, 0.29) is 17.9 Å². The van der Waals surface area contributed by atoms with Gasteiger partial charge in [-0.15, -0.1) is 0 Å². The largest absolute Gasteiger partial charge is 0.473 e. The van der Waals surface area contributed by atoms with Crippen molar-refractivity contribution in [2.24, 2.45) is 0 Å². The maximum atomic E-state index is 12.2. The molecule has 104 valence electrons. The van der Waals surface area contributed by atoms with Crippen LogP contribution in [0.1, 0.15) is 27.5 Å². The molecule has 3 heteroatoms. The first-order valence-corrected chi connectivity index (χ1v) is 7.13. The number of carbonyl (C=O) groups excluding carboxylic acids is 1. The summed E-state index contributed by atoms with van der Waals surface area (Å²) in [6, 6.07) is 17.8. The lowest BCUT2D eigenvalue weighted by Gasteiger charge is -2.06. The highest BCUT2D eigenvalue weighted by Crippen LogP contribution is 2.38. The van der Waals surface area contributed by atoms with Gasteiger partial charge in [-0.1, -0.05) is 54.6 Å². The number of rotatable bonds is 2. The molecule has 0 radical (unpaired) electrons. The van der Waals surface area contributed by atoms with Gasteiger partial charge in [-0.05, 0) is 11.1 Å². The molecule has 1 N–H and O–H groups in total. The van der Waals surface area contributed by atoms with E-state index in [0.717, 1.165) is 6.42 Å². The van der Waals surface area contributed by atoms with Gasteiger partial charge in [0.25, 0.3) is 0 Å². The average molecular weight is 277 g/mol. The Labute approximate surface area is 123 Å². The molecule has 1 heterocycles. The lowest BCUT2D eigenvalue weighted by Crippen LogP contribution is -2.16. The maximum Gasteiger partial charge on any atom is 0.191 e. The van der Waals surface area contributed by atoms with Gasteiger partial charge in [-0.2, -0.15) is 0 Å². The predicted octanol–water partition coefficient (Wildman–Crippen LogP) is 3.00. The Morgan fingerprint density at radius 1 is 1.10 bits per heavy atom. The van der Waals surface area contributed by atoms with Gasteiger partial charge in [-0.3, -0.25) is 4.79 Å². The minimum Gasteiger partial charge on any atom is -0.473 e. The summed E-state index contributed by atoms with van der Waals surface area (Å²) < 4.78 is 5.89. The molecule has 1 aliphatic heterocycles. The van der Waals surface area contributed by atoms with Crippen LogP contribution in [-0.2, 0) is 11.2 Å². The molecule has 3 nitrogen and oxygen atoms in total. The second-order valence-corrected chi connectivity index (χ2v) is 5.42. The summed E-state index contributed by atoms with van der Waals surface area (Å²) in [5.74, 6) is 0.541. The third-order valence-corrected chi connectivity index (χ3v) is 4.08. The molecule has 1 saturated heterocycles. The van der Waals surface area contributed by atoms with Crippen molar-refractivity contribution in [3.8, 4) is 0 Å². The summed E-state index contributed by atoms with van der Waals surface area (Å²) in [6.07, 6.45) is 2.54. The zero-order valence-electron chi connectivity index (χ0n) is 11.5. The lowest BCUT2D eigenvalue weighted by atomic mass is 10.1. The topological polar surface area (TPSA) is 38.3 Å². The standard InChI is InChI=1S/C18H15NO2/c20-15(12-6-2-1-3-7-12)11-17-19-18-14-9-5-4-8-13(14)10-16(18)21-17/h1-9,11,16,18-19H,10H2/b17-11+/t16-,18+/m0/s1. The van der Waals surface area contributed by atoms with Gasteiger partial charge < -0.3 is 10.1 Å². The van der Waals surface area contributed by atoms with Crippen LogP contribution in [0.2, 0.25) is 0 Å². The van der Waals surface area contributed by atoms with Crippen molar-refractivity contribution in [3.63, 3.8) is 0 Å². The van der Waals surface area contributed by atoms with Crippen LogP contribution in [-0.4, -0.2) is 11.9 Å². The van der Waals surface area contributed by atoms with Gasteiger partial charge in [0.2, 0.25) is 0 Å². The molecular weight excluding hydrogens is 262 g/mol. The Bertz CT molecular complexity index is 721. The van der Waals surface area contributed by atoms with Crippen LogP contribution in [0.4, 0.5) is 0 Å². The van der Waals surface area contributed by atoms with Crippen LogP contribution in [0.3, 0.4) is 0 Å². The number of fused-ring (bicyclic) bond motifs is 3. The fourth-order valence-corrected chi connectivity index (χ4v) is 3.07. The van der Waals surface area contributed by atoms with Crippen molar-refractivity contribution >= 4 is 5.78 Å². The normalized spacial score (nSPS) is 24.1. The minimum absolute atomic E-state index is 0.0358. The number of ketones is 1. The quantitative estimate of drug-likeness (QED) is 0.677. The number of nitrogens with one attached hydrogen (secondary N) is 1. The van der Waals surface area contributed by atoms with Gasteiger partial charge in [0.1, 0.15) is 6.10 Å². The SMILES string of the molecule is O=C(/C=C1\N[C@@H]2c3ccccc3C[C@@H]2O1)c1ccccc1. The fraction of sp³-hybridized carbons (Fsp3) is 0.167. The van der Waals surface area contributed by atoms with E-state index in [0.29, 0.717) is 11.4 Å². The van der Waals surface area contributed by atoms with Gasteiger partial charge in [0, 0.05) is 18.1 Å². The van der Waals surface area contributed by atoms with Gasteiger partial charge in [-0.25, -0.2) is 0 Å². The van der Waals surface area contributed by atoms with E-state index in [2.05, 4.69) is 23.5 Å². The monoisotopic (exact) mass is 277 g/mol. The molecule has 2 aromatic carbocycles. The minimum atomic E-state index is -0.0358. The highest BCUT2D eigenvalue weighted by atomic mass is 16.5. The number of hydrogen-bond donors (Lipinski definition) is 1. The first-order valence-electron chi connectivity index (χ1n) is 7.13. The van der Waals surface area contributed by atoms with E-state index in [1.807, 2.05) is 36.4 Å². The zero-order chi connectivity index (χ0) is 14.2. The first kappa shape index (κ1) is 12.2. The molecule has 1 aliphatic carbocycles. The third kappa shape index (κ3) is 2.11. The van der Waals surface area contributed by atoms with Crippen molar-refractivity contribution in [1.29, 1.82) is 0 Å². The molecule has 0 unspecified atom stereocenters. The molecule has 0 amide bonds. The highest BCUT2D eigenvalue weighted by molar-refractivity contribution is 6.04. The predicted molar refractivity (Wildman–Crippen MR) is 79.8 cm³/mol. The van der Waals surface area contributed by atoms with Gasteiger partial charge in [0.15, 0.2) is 11.7 Å². The summed E-state index contributed by atoms with van der Waals surface area (Å²) in [7, 11) is 0. The molecule has 1 fully saturated rings. The second-order valence-electron chi connectivity index (χ2n) is 5.42. The zero-order valence-corrected chi connectivity index (χ0v) is 11.5. The van der Waals surface area contributed by atoms with Crippen LogP contribution in [0.15, 0.2) is 66.6 Å². The van der Waals surface area contributed by atoms with Crippen molar-refractivity contribution in [2.75, 3.05) is 0 Å². The Balaban J connectivity index is 1.56. The van der Waals surface area contributed by atoms with Crippen LogP contribution in [0, 0.1) is 0 Å². The van der Waals surface area contributed by atoms with Gasteiger partial charge in [0.05, 0.1) is 6.04 Å². The van der Waals surface area contributed by atoms with Gasteiger partial charge >= 0.3 is 0 Å². The summed E-state index contributed by atoms with van der Waals surface area (Å²) >= 11 is 0. The van der Waals surface area contributed by atoms with Crippen molar-refractivity contribution in [1.82, 2.24) is 5.32 Å². The molecule has 21 heavy (non-hydrogen) atoms. The summed E-state index contributed by atoms with van der Waals surface area (Å²) in [6.45, 7) is 0. The van der Waals surface area contributed by atoms with E-state index >= 15 is 0 Å². The maximum absolute atomic E-state index is 12.2. The number of allylic oxidation sites excluding steroid dienone is 1. The van der Waals surface area contributed by atoms with Crippen LogP contribution in [0.5, 0.6) is 0 Å². The molecule has 2 aromatic rings. The summed E-state index contributed by atoms with van der Waals surface area (Å²) in [4.78, 5) is 12.2. The Hall–Kier alpha value is -2.55. The number of carbonyl (C=O) groups is 1. The lowest BCUT2D eigenvalue weighted by molar-refractivity contribution is 0.103. The smallest absolute Gasteiger partial charge is 0.191 e. The summed E-state index contributed by atoms with van der Waals surface area (Å²) in [5, 5.41) is 3.33. The van der Waals surface area contributed by atoms with E-state index in [9.17, 15) is 4.79 Å². The van der Waals surface area contributed by atoms with Crippen LogP contribution in [0.25, 0.3) is 0 Å². The Morgan fingerprint density at radius 2 is 1.86 bits per heavy atom. The average Bonchev–Trinajstić information content (AvgIpc) is 3.05. The van der Waals surface area contributed by atoms with E-state index in [4.69, 9.17) is 4.74 Å². The molecule has 0 aromatic heterocycles. The number of benzene rings is 2. The van der Waals surface area contributed by atoms with E-state index in [1.165, 1.54) is 11.1 Å². The molecule has 0 saturated carbocycles. The highest BCUT2D eigenvalue weighted by Gasteiger charge is 2.39. The molecule has 0 spiro atoms. The second kappa shape index (κ2) is 4.77. The Kier molecular flexibility index (Phi) is 2.78. The molecule has 4 rings (SSSR count).